The van der Waals surface area contributed by atoms with Crippen molar-refractivity contribution in [1.29, 1.82) is 0 Å². The van der Waals surface area contributed by atoms with Gasteiger partial charge in [0.2, 0.25) is 0 Å². The SMILES string of the molecule is C=CN/N=C\C(=C(/C)c1ccc(CCNC(=C)C2=C(Cl)CCC=C2Cl)cc1)N1CCCC1. The molecule has 0 radical (unpaired) electrons. The number of hydrogen-bond donors (Lipinski definition) is 2. The van der Waals surface area contributed by atoms with Gasteiger partial charge in [0, 0.05) is 47.2 Å². The van der Waals surface area contributed by atoms with Gasteiger partial charge in [-0.1, -0.05) is 66.7 Å². The first kappa shape index (κ1) is 24.2. The van der Waals surface area contributed by atoms with E-state index in [0.717, 1.165) is 60.9 Å². The Morgan fingerprint density at radius 3 is 2.56 bits per heavy atom. The number of rotatable bonds is 10. The fraction of sp³-hybridized carbons (Fsp3) is 0.346. The number of benzene rings is 1. The van der Waals surface area contributed by atoms with E-state index >= 15 is 0 Å². The van der Waals surface area contributed by atoms with E-state index in [1.165, 1.54) is 29.5 Å². The van der Waals surface area contributed by atoms with Crippen molar-refractivity contribution in [3.63, 3.8) is 0 Å². The summed E-state index contributed by atoms with van der Waals surface area (Å²) in [6.07, 6.45) is 10.5. The molecule has 0 spiro atoms. The van der Waals surface area contributed by atoms with Crippen molar-refractivity contribution in [2.24, 2.45) is 5.10 Å². The maximum absolute atomic E-state index is 6.36. The molecular formula is C26H32Cl2N4. The molecule has 32 heavy (non-hydrogen) atoms. The fourth-order valence-corrected chi connectivity index (χ4v) is 4.74. The lowest BCUT2D eigenvalue weighted by molar-refractivity contribution is 0.451. The van der Waals surface area contributed by atoms with Crippen LogP contribution in [0.1, 0.15) is 43.7 Å². The van der Waals surface area contributed by atoms with Crippen LogP contribution in [0.5, 0.6) is 0 Å². The van der Waals surface area contributed by atoms with Gasteiger partial charge < -0.3 is 10.2 Å². The van der Waals surface area contributed by atoms with Crippen molar-refractivity contribution in [3.8, 4) is 0 Å². The lowest BCUT2D eigenvalue weighted by Gasteiger charge is -2.21. The van der Waals surface area contributed by atoms with Gasteiger partial charge in [-0.25, -0.2) is 0 Å². The first-order valence-electron chi connectivity index (χ1n) is 11.1. The molecule has 0 saturated carbocycles. The van der Waals surface area contributed by atoms with Crippen LogP contribution in [0.25, 0.3) is 5.57 Å². The minimum atomic E-state index is 0.686. The molecule has 1 aromatic carbocycles. The predicted octanol–water partition coefficient (Wildman–Crippen LogP) is 6.29. The van der Waals surface area contributed by atoms with Gasteiger partial charge in [0.1, 0.15) is 0 Å². The summed E-state index contributed by atoms with van der Waals surface area (Å²) in [5, 5.41) is 9.11. The van der Waals surface area contributed by atoms with Gasteiger partial charge in [-0.05, 0) is 55.7 Å². The summed E-state index contributed by atoms with van der Waals surface area (Å²) < 4.78 is 0. The predicted molar refractivity (Wildman–Crippen MR) is 139 cm³/mol. The summed E-state index contributed by atoms with van der Waals surface area (Å²) in [5.41, 5.74) is 9.29. The van der Waals surface area contributed by atoms with Crippen LogP contribution in [0.3, 0.4) is 0 Å². The van der Waals surface area contributed by atoms with Crippen molar-refractivity contribution in [2.45, 2.75) is 39.0 Å². The highest BCUT2D eigenvalue weighted by molar-refractivity contribution is 6.36. The molecule has 1 fully saturated rings. The van der Waals surface area contributed by atoms with E-state index in [-0.39, 0.29) is 0 Å². The van der Waals surface area contributed by atoms with E-state index in [1.807, 2.05) is 12.3 Å². The standard InChI is InChI=1S/C26H32Cl2N4/c1-4-30-31-18-25(32-16-5-6-17-32)19(2)22-12-10-21(11-13-22)14-15-29-20(3)26-23(27)8-7-9-24(26)28/h4,8,10-13,18,29-30H,1,3,5-7,9,14-17H2,2H3/b25-19-,31-18-. The van der Waals surface area contributed by atoms with Crippen molar-refractivity contribution >= 4 is 35.0 Å². The Morgan fingerprint density at radius 2 is 1.91 bits per heavy atom. The van der Waals surface area contributed by atoms with Crippen molar-refractivity contribution in [2.75, 3.05) is 19.6 Å². The van der Waals surface area contributed by atoms with E-state index in [9.17, 15) is 0 Å². The summed E-state index contributed by atoms with van der Waals surface area (Å²) in [6.45, 7) is 12.8. The number of nitrogens with zero attached hydrogens (tertiary/aromatic N) is 2. The molecule has 6 heteroatoms. The molecule has 1 aromatic rings. The number of allylic oxidation sites excluding steroid dienone is 5. The zero-order chi connectivity index (χ0) is 22.9. The molecule has 2 N–H and O–H groups in total. The summed E-state index contributed by atoms with van der Waals surface area (Å²) in [6, 6.07) is 8.74. The highest BCUT2D eigenvalue weighted by Crippen LogP contribution is 2.33. The van der Waals surface area contributed by atoms with Crippen molar-refractivity contribution in [3.05, 3.63) is 87.9 Å². The number of hydrogen-bond acceptors (Lipinski definition) is 4. The molecule has 0 bridgehead atoms. The molecule has 1 heterocycles. The van der Waals surface area contributed by atoms with Gasteiger partial charge in [-0.15, -0.1) is 0 Å². The minimum absolute atomic E-state index is 0.686. The zero-order valence-corrected chi connectivity index (χ0v) is 20.3. The number of halogens is 2. The van der Waals surface area contributed by atoms with Crippen LogP contribution >= 0.6 is 23.2 Å². The van der Waals surface area contributed by atoms with E-state index in [4.69, 9.17) is 23.2 Å². The van der Waals surface area contributed by atoms with E-state index in [2.05, 4.69) is 65.1 Å². The average molecular weight is 471 g/mol. The Hall–Kier alpha value is -2.43. The summed E-state index contributed by atoms with van der Waals surface area (Å²) in [5.74, 6) is 0. The molecule has 4 nitrogen and oxygen atoms in total. The third kappa shape index (κ3) is 6.30. The normalized spacial score (nSPS) is 17.3. The van der Waals surface area contributed by atoms with Crippen LogP contribution < -0.4 is 10.7 Å². The van der Waals surface area contributed by atoms with E-state index in [0.29, 0.717) is 5.03 Å². The van der Waals surface area contributed by atoms with Crippen LogP contribution in [0.4, 0.5) is 0 Å². The van der Waals surface area contributed by atoms with Gasteiger partial charge in [-0.2, -0.15) is 5.10 Å². The third-order valence-electron chi connectivity index (χ3n) is 5.82. The average Bonchev–Trinajstić information content (AvgIpc) is 3.31. The summed E-state index contributed by atoms with van der Waals surface area (Å²) in [7, 11) is 0. The first-order valence-corrected chi connectivity index (χ1v) is 11.9. The quantitative estimate of drug-likeness (QED) is 0.311. The molecule has 0 unspecified atom stereocenters. The molecule has 1 aliphatic heterocycles. The number of likely N-dealkylation sites (tertiary alicyclic amines) is 1. The molecular weight excluding hydrogens is 439 g/mol. The molecule has 0 atom stereocenters. The van der Waals surface area contributed by atoms with Gasteiger partial charge in [-0.3, -0.25) is 5.43 Å². The molecule has 0 amide bonds. The number of hydrazone groups is 1. The minimum Gasteiger partial charge on any atom is -0.385 e. The lowest BCUT2D eigenvalue weighted by atomic mass is 10.0. The smallest absolute Gasteiger partial charge is 0.0708 e. The molecule has 1 aliphatic carbocycles. The monoisotopic (exact) mass is 470 g/mol. The third-order valence-corrected chi connectivity index (χ3v) is 6.54. The Balaban J connectivity index is 1.63. The topological polar surface area (TPSA) is 39.7 Å². The number of nitrogens with one attached hydrogen (secondary N) is 2. The van der Waals surface area contributed by atoms with Crippen molar-refractivity contribution < 1.29 is 0 Å². The van der Waals surface area contributed by atoms with Crippen molar-refractivity contribution in [1.82, 2.24) is 15.6 Å². The van der Waals surface area contributed by atoms with E-state index < -0.39 is 0 Å². The van der Waals surface area contributed by atoms with Gasteiger partial charge in [0.05, 0.1) is 11.9 Å². The summed E-state index contributed by atoms with van der Waals surface area (Å²) in [4.78, 5) is 2.40. The maximum Gasteiger partial charge on any atom is 0.0708 e. The second-order valence-electron chi connectivity index (χ2n) is 8.02. The van der Waals surface area contributed by atoms with Crippen LogP contribution in [0.15, 0.2) is 81.8 Å². The fourth-order valence-electron chi connectivity index (χ4n) is 4.03. The van der Waals surface area contributed by atoms with Crippen LogP contribution in [0, 0.1) is 0 Å². The van der Waals surface area contributed by atoms with Gasteiger partial charge in [0.25, 0.3) is 0 Å². The van der Waals surface area contributed by atoms with Gasteiger partial charge in [0.15, 0.2) is 0 Å². The molecule has 3 rings (SSSR count). The molecule has 2 aliphatic rings. The maximum atomic E-state index is 6.36. The largest absolute Gasteiger partial charge is 0.385 e. The lowest BCUT2D eigenvalue weighted by Crippen LogP contribution is -2.21. The highest BCUT2D eigenvalue weighted by Gasteiger charge is 2.17. The van der Waals surface area contributed by atoms with Crippen LogP contribution in [0.2, 0.25) is 0 Å². The van der Waals surface area contributed by atoms with Gasteiger partial charge >= 0.3 is 0 Å². The molecule has 1 saturated heterocycles. The second-order valence-corrected chi connectivity index (χ2v) is 8.88. The van der Waals surface area contributed by atoms with Crippen LogP contribution in [-0.2, 0) is 6.42 Å². The van der Waals surface area contributed by atoms with Crippen LogP contribution in [-0.4, -0.2) is 30.7 Å². The zero-order valence-electron chi connectivity index (χ0n) is 18.8. The molecule has 0 aromatic heterocycles. The Labute approximate surface area is 202 Å². The highest BCUT2D eigenvalue weighted by atomic mass is 35.5. The van der Waals surface area contributed by atoms with E-state index in [1.54, 1.807) is 6.20 Å². The summed E-state index contributed by atoms with van der Waals surface area (Å²) >= 11 is 12.7. The Morgan fingerprint density at radius 1 is 1.19 bits per heavy atom. The second kappa shape index (κ2) is 12.0. The molecule has 170 valence electrons. The Bertz CT molecular complexity index is 949. The Kier molecular flexibility index (Phi) is 9.07. The first-order chi connectivity index (χ1) is 15.5.